The van der Waals surface area contributed by atoms with Crippen molar-refractivity contribution < 1.29 is 0 Å². The second-order valence-electron chi connectivity index (χ2n) is 6.11. The van der Waals surface area contributed by atoms with Gasteiger partial charge in [0.05, 0.1) is 10.3 Å². The third kappa shape index (κ3) is 2.29. The summed E-state index contributed by atoms with van der Waals surface area (Å²) in [6.45, 7) is 1.73. The summed E-state index contributed by atoms with van der Waals surface area (Å²) in [5.74, 6) is 2.04. The Bertz CT molecular complexity index is 954. The Balaban J connectivity index is 1.75. The molecule has 0 spiro atoms. The molecule has 0 saturated heterocycles. The number of pyridine rings is 2. The Morgan fingerprint density at radius 2 is 2.17 bits per heavy atom. The minimum Gasteiger partial charge on any atom is -0.363 e. The van der Waals surface area contributed by atoms with Gasteiger partial charge in [-0.3, -0.25) is 0 Å². The Kier molecular flexibility index (Phi) is 3.58. The predicted molar refractivity (Wildman–Crippen MR) is 97.7 cm³/mol. The number of hydrogen-bond acceptors (Lipinski definition) is 6. The van der Waals surface area contributed by atoms with Gasteiger partial charge in [0.2, 0.25) is 0 Å². The van der Waals surface area contributed by atoms with Gasteiger partial charge in [-0.15, -0.1) is 11.3 Å². The zero-order chi connectivity index (χ0) is 16.7. The zero-order valence-electron chi connectivity index (χ0n) is 13.7. The first-order chi connectivity index (χ1) is 11.7. The SMILES string of the molecule is CN(C)c1nccc2c1CCN(c1ncc(C#N)c3ccsc13)C2. The third-order valence-electron chi connectivity index (χ3n) is 4.44. The van der Waals surface area contributed by atoms with Crippen LogP contribution in [0, 0.1) is 11.3 Å². The lowest BCUT2D eigenvalue weighted by atomic mass is 10.0. The van der Waals surface area contributed by atoms with Crippen molar-refractivity contribution in [1.29, 1.82) is 5.26 Å². The molecule has 5 nitrogen and oxygen atoms in total. The average Bonchev–Trinajstić information content (AvgIpc) is 3.09. The summed E-state index contributed by atoms with van der Waals surface area (Å²) in [7, 11) is 4.07. The molecule has 0 fully saturated rings. The van der Waals surface area contributed by atoms with E-state index in [1.807, 2.05) is 31.7 Å². The molecule has 4 rings (SSSR count). The molecule has 0 atom stereocenters. The fourth-order valence-electron chi connectivity index (χ4n) is 3.30. The van der Waals surface area contributed by atoms with Crippen LogP contribution in [0.4, 0.5) is 11.6 Å². The number of rotatable bonds is 2. The predicted octanol–water partition coefficient (Wildman–Crippen LogP) is 3.19. The van der Waals surface area contributed by atoms with Gasteiger partial charge in [0.15, 0.2) is 0 Å². The molecule has 0 saturated carbocycles. The maximum absolute atomic E-state index is 9.26. The fourth-order valence-corrected chi connectivity index (χ4v) is 4.23. The Labute approximate surface area is 144 Å². The number of anilines is 2. The molecule has 6 heteroatoms. The van der Waals surface area contributed by atoms with Crippen LogP contribution in [0.25, 0.3) is 10.1 Å². The molecule has 0 N–H and O–H groups in total. The summed E-state index contributed by atoms with van der Waals surface area (Å²) in [4.78, 5) is 13.5. The number of nitriles is 1. The monoisotopic (exact) mass is 335 g/mol. The summed E-state index contributed by atoms with van der Waals surface area (Å²) >= 11 is 1.65. The molecule has 0 radical (unpaired) electrons. The maximum Gasteiger partial charge on any atom is 0.146 e. The van der Waals surface area contributed by atoms with Gasteiger partial charge in [0.25, 0.3) is 0 Å². The van der Waals surface area contributed by atoms with Crippen molar-refractivity contribution >= 4 is 33.1 Å². The van der Waals surface area contributed by atoms with Crippen LogP contribution in [0.3, 0.4) is 0 Å². The molecule has 0 unspecified atom stereocenters. The molecule has 0 amide bonds. The second-order valence-corrected chi connectivity index (χ2v) is 7.03. The van der Waals surface area contributed by atoms with Gasteiger partial charge in [-0.25, -0.2) is 9.97 Å². The van der Waals surface area contributed by atoms with Crippen LogP contribution in [0.5, 0.6) is 0 Å². The summed E-state index contributed by atoms with van der Waals surface area (Å²) in [5, 5.41) is 12.3. The van der Waals surface area contributed by atoms with Crippen LogP contribution in [-0.2, 0) is 13.0 Å². The van der Waals surface area contributed by atoms with E-state index in [1.165, 1.54) is 11.1 Å². The molecule has 3 aromatic heterocycles. The molecule has 1 aliphatic rings. The van der Waals surface area contributed by atoms with Gasteiger partial charge in [0.1, 0.15) is 17.7 Å². The molecule has 3 aromatic rings. The largest absolute Gasteiger partial charge is 0.363 e. The first-order valence-electron chi connectivity index (χ1n) is 7.84. The molecular formula is C18H17N5S. The van der Waals surface area contributed by atoms with Gasteiger partial charge in [-0.2, -0.15) is 5.26 Å². The lowest BCUT2D eigenvalue weighted by Crippen LogP contribution is -2.32. The van der Waals surface area contributed by atoms with Gasteiger partial charge in [-0.05, 0) is 29.5 Å². The van der Waals surface area contributed by atoms with E-state index in [0.29, 0.717) is 5.56 Å². The first kappa shape index (κ1) is 14.9. The van der Waals surface area contributed by atoms with Crippen LogP contribution in [-0.4, -0.2) is 30.6 Å². The minimum atomic E-state index is 0.645. The van der Waals surface area contributed by atoms with Gasteiger partial charge in [-0.1, -0.05) is 0 Å². The molecule has 0 aromatic carbocycles. The van der Waals surface area contributed by atoms with Crippen LogP contribution in [0.1, 0.15) is 16.7 Å². The van der Waals surface area contributed by atoms with Crippen LogP contribution in [0.2, 0.25) is 0 Å². The summed E-state index contributed by atoms with van der Waals surface area (Å²) in [6, 6.07) is 6.34. The smallest absolute Gasteiger partial charge is 0.146 e. The van der Waals surface area contributed by atoms with E-state index in [2.05, 4.69) is 31.9 Å². The van der Waals surface area contributed by atoms with Gasteiger partial charge < -0.3 is 9.80 Å². The Hall–Kier alpha value is -2.65. The third-order valence-corrected chi connectivity index (χ3v) is 5.35. The average molecular weight is 335 g/mol. The van der Waals surface area contributed by atoms with Gasteiger partial charge >= 0.3 is 0 Å². The minimum absolute atomic E-state index is 0.645. The second kappa shape index (κ2) is 5.77. The summed E-state index contributed by atoms with van der Waals surface area (Å²) in [6.07, 6.45) is 4.52. The fraction of sp³-hybridized carbons (Fsp3) is 0.278. The van der Waals surface area contributed by atoms with Crippen molar-refractivity contribution in [2.45, 2.75) is 13.0 Å². The van der Waals surface area contributed by atoms with Crippen molar-refractivity contribution in [3.8, 4) is 6.07 Å². The molecule has 1 aliphatic heterocycles. The molecule has 24 heavy (non-hydrogen) atoms. The number of aromatic nitrogens is 2. The molecular weight excluding hydrogens is 318 g/mol. The van der Waals surface area contributed by atoms with E-state index in [4.69, 9.17) is 0 Å². The highest BCUT2D eigenvalue weighted by Crippen LogP contribution is 2.35. The molecule has 120 valence electrons. The lowest BCUT2D eigenvalue weighted by molar-refractivity contribution is 0.718. The molecule has 4 heterocycles. The van der Waals surface area contributed by atoms with Gasteiger partial charge in [0, 0.05) is 50.5 Å². The van der Waals surface area contributed by atoms with Crippen molar-refractivity contribution in [2.24, 2.45) is 0 Å². The van der Waals surface area contributed by atoms with E-state index in [9.17, 15) is 5.26 Å². The highest BCUT2D eigenvalue weighted by molar-refractivity contribution is 7.17. The summed E-state index contributed by atoms with van der Waals surface area (Å²) in [5.41, 5.74) is 3.28. The topological polar surface area (TPSA) is 56.1 Å². The Morgan fingerprint density at radius 3 is 2.96 bits per heavy atom. The maximum atomic E-state index is 9.26. The zero-order valence-corrected chi connectivity index (χ0v) is 14.5. The molecule has 0 bridgehead atoms. The van der Waals surface area contributed by atoms with Crippen molar-refractivity contribution in [2.75, 3.05) is 30.4 Å². The van der Waals surface area contributed by atoms with Crippen molar-refractivity contribution in [3.05, 3.63) is 46.6 Å². The number of hydrogen-bond donors (Lipinski definition) is 0. The van der Waals surface area contributed by atoms with Crippen molar-refractivity contribution in [3.63, 3.8) is 0 Å². The summed E-state index contributed by atoms with van der Waals surface area (Å²) < 4.78 is 1.10. The lowest BCUT2D eigenvalue weighted by Gasteiger charge is -2.32. The van der Waals surface area contributed by atoms with E-state index in [0.717, 1.165) is 41.2 Å². The van der Waals surface area contributed by atoms with E-state index in [-0.39, 0.29) is 0 Å². The van der Waals surface area contributed by atoms with E-state index < -0.39 is 0 Å². The van der Waals surface area contributed by atoms with E-state index >= 15 is 0 Å². The Morgan fingerprint density at radius 1 is 1.29 bits per heavy atom. The number of thiophene rings is 1. The first-order valence-corrected chi connectivity index (χ1v) is 8.72. The van der Waals surface area contributed by atoms with Crippen LogP contribution < -0.4 is 9.80 Å². The normalized spacial score (nSPS) is 13.6. The standard InChI is InChI=1S/C18H17N5S/c1-22(2)17-15-4-7-23(11-12(15)3-6-20-17)18-16-14(5-8-24-16)13(9-19)10-21-18/h3,5-6,8,10H,4,7,11H2,1-2H3. The highest BCUT2D eigenvalue weighted by atomic mass is 32.1. The van der Waals surface area contributed by atoms with E-state index in [1.54, 1.807) is 17.5 Å². The molecule has 0 aliphatic carbocycles. The number of nitrogens with zero attached hydrogens (tertiary/aromatic N) is 5. The number of fused-ring (bicyclic) bond motifs is 2. The van der Waals surface area contributed by atoms with Crippen LogP contribution >= 0.6 is 11.3 Å². The van der Waals surface area contributed by atoms with Crippen LogP contribution in [0.15, 0.2) is 29.9 Å². The van der Waals surface area contributed by atoms with Crippen molar-refractivity contribution in [1.82, 2.24) is 9.97 Å². The highest BCUT2D eigenvalue weighted by Gasteiger charge is 2.23. The quantitative estimate of drug-likeness (QED) is 0.720.